The lowest BCUT2D eigenvalue weighted by Gasteiger charge is -2.50. The van der Waals surface area contributed by atoms with Gasteiger partial charge in [0, 0.05) is 52.1 Å². The van der Waals surface area contributed by atoms with Crippen molar-refractivity contribution in [1.82, 2.24) is 9.80 Å². The zero-order chi connectivity index (χ0) is 28.8. The molecule has 10 heteroatoms. The molecule has 8 unspecified atom stereocenters. The third-order valence-electron chi connectivity index (χ3n) is 9.84. The van der Waals surface area contributed by atoms with Crippen LogP contribution in [0.15, 0.2) is 30.3 Å². The van der Waals surface area contributed by atoms with Crippen LogP contribution in [-0.2, 0) is 28.6 Å². The highest BCUT2D eigenvalue weighted by Gasteiger charge is 2.73. The molecule has 0 aromatic heterocycles. The Balaban J connectivity index is 1.41. The standard InChI is InChI=1S/C30H40N2O8/c1-18-16-24-26(30(37,40-20(3)34)29(4)23(18)10-11-25(29)38-19(2)33)22(28(36)39-24)17-31-12-14-32(15-13-31)27(35)21-8-6-5-7-9-21/h5-9,18,22-26,37H,10-17H2,1-4H3. The Kier molecular flexibility index (Phi) is 7.69. The molecule has 0 spiro atoms. The predicted octanol–water partition coefficient (Wildman–Crippen LogP) is 2.24. The van der Waals surface area contributed by atoms with Crippen molar-refractivity contribution in [3.8, 4) is 0 Å². The highest BCUT2D eigenvalue weighted by atomic mass is 16.7. The second-order valence-electron chi connectivity index (χ2n) is 12.1. The van der Waals surface area contributed by atoms with Gasteiger partial charge in [-0.15, -0.1) is 0 Å². The molecular formula is C30H40N2O8. The van der Waals surface area contributed by atoms with Crippen LogP contribution in [-0.4, -0.2) is 89.4 Å². The molecule has 0 radical (unpaired) electrons. The van der Waals surface area contributed by atoms with Crippen molar-refractivity contribution in [2.45, 2.75) is 65.0 Å². The van der Waals surface area contributed by atoms with E-state index in [9.17, 15) is 24.3 Å². The Hall–Kier alpha value is -2.98. The molecule has 2 aliphatic carbocycles. The van der Waals surface area contributed by atoms with Crippen LogP contribution in [0.4, 0.5) is 0 Å². The number of ether oxygens (including phenoxy) is 3. The van der Waals surface area contributed by atoms with E-state index in [1.165, 1.54) is 13.8 Å². The van der Waals surface area contributed by atoms with Gasteiger partial charge >= 0.3 is 17.9 Å². The summed E-state index contributed by atoms with van der Waals surface area (Å²) in [6, 6.07) is 9.14. The number of hydrogen-bond donors (Lipinski definition) is 1. The van der Waals surface area contributed by atoms with Crippen molar-refractivity contribution in [3.63, 3.8) is 0 Å². The Bertz CT molecular complexity index is 1150. The lowest BCUT2D eigenvalue weighted by atomic mass is 9.63. The topological polar surface area (TPSA) is 123 Å². The quantitative estimate of drug-likeness (QED) is 0.330. The van der Waals surface area contributed by atoms with E-state index in [2.05, 4.69) is 11.8 Å². The summed E-state index contributed by atoms with van der Waals surface area (Å²) in [5, 5.41) is 12.5. The fourth-order valence-electron chi connectivity index (χ4n) is 8.01. The molecule has 5 rings (SSSR count). The number of fused-ring (bicyclic) bond motifs is 2. The highest BCUT2D eigenvalue weighted by molar-refractivity contribution is 5.94. The average Bonchev–Trinajstić information content (AvgIpc) is 3.38. The van der Waals surface area contributed by atoms with Gasteiger partial charge in [-0.25, -0.2) is 0 Å². The molecule has 1 aromatic carbocycles. The van der Waals surface area contributed by atoms with E-state index in [1.807, 2.05) is 25.1 Å². The molecule has 2 aliphatic heterocycles. The number of carbonyl (C=O) groups excluding carboxylic acids is 4. The van der Waals surface area contributed by atoms with Gasteiger partial charge < -0.3 is 24.2 Å². The van der Waals surface area contributed by atoms with Gasteiger partial charge in [-0.2, -0.15) is 0 Å². The van der Waals surface area contributed by atoms with Gasteiger partial charge in [0.25, 0.3) is 5.91 Å². The summed E-state index contributed by atoms with van der Waals surface area (Å²) in [6.45, 7) is 8.86. The van der Waals surface area contributed by atoms with Crippen LogP contribution in [0, 0.1) is 29.1 Å². The molecule has 4 fully saturated rings. The molecule has 218 valence electrons. The van der Waals surface area contributed by atoms with E-state index in [0.717, 1.165) is 0 Å². The SMILES string of the molecule is CC(=O)OC1CCC2C(C)CC3OC(=O)C(CN4CCN(C(=O)c5ccccc5)CC4)C3C(O)(OC(C)=O)C12C. The molecule has 4 aliphatic rings. The number of nitrogens with zero attached hydrogens (tertiary/aromatic N) is 2. The summed E-state index contributed by atoms with van der Waals surface area (Å²) in [6.07, 6.45) is 0.420. The average molecular weight is 557 g/mol. The van der Waals surface area contributed by atoms with Gasteiger partial charge in [0.1, 0.15) is 12.2 Å². The zero-order valence-corrected chi connectivity index (χ0v) is 23.7. The molecule has 40 heavy (non-hydrogen) atoms. The van der Waals surface area contributed by atoms with E-state index < -0.39 is 53.2 Å². The summed E-state index contributed by atoms with van der Waals surface area (Å²) in [5.74, 6) is -5.36. The molecule has 8 atom stereocenters. The smallest absolute Gasteiger partial charge is 0.311 e. The van der Waals surface area contributed by atoms with Crippen LogP contribution in [0.3, 0.4) is 0 Å². The van der Waals surface area contributed by atoms with E-state index in [4.69, 9.17) is 14.2 Å². The third-order valence-corrected chi connectivity index (χ3v) is 9.84. The summed E-state index contributed by atoms with van der Waals surface area (Å²) < 4.78 is 17.5. The van der Waals surface area contributed by atoms with Gasteiger partial charge in [-0.3, -0.25) is 24.1 Å². The number of carbonyl (C=O) groups is 4. The molecule has 1 aromatic rings. The number of piperazine rings is 1. The molecule has 1 amide bonds. The van der Waals surface area contributed by atoms with Gasteiger partial charge in [-0.05, 0) is 50.2 Å². The van der Waals surface area contributed by atoms with Gasteiger partial charge in [-0.1, -0.05) is 25.1 Å². The second kappa shape index (κ2) is 10.8. The maximum Gasteiger partial charge on any atom is 0.311 e. The van der Waals surface area contributed by atoms with Crippen molar-refractivity contribution >= 4 is 23.8 Å². The van der Waals surface area contributed by atoms with Gasteiger partial charge in [0.15, 0.2) is 0 Å². The van der Waals surface area contributed by atoms with Crippen LogP contribution in [0.1, 0.15) is 57.3 Å². The number of hydrogen-bond acceptors (Lipinski definition) is 9. The fourth-order valence-corrected chi connectivity index (χ4v) is 8.01. The number of aliphatic hydroxyl groups is 1. The molecule has 2 heterocycles. The second-order valence-corrected chi connectivity index (χ2v) is 12.1. The highest BCUT2D eigenvalue weighted by Crippen LogP contribution is 2.63. The van der Waals surface area contributed by atoms with Crippen LogP contribution >= 0.6 is 0 Å². The van der Waals surface area contributed by atoms with E-state index >= 15 is 0 Å². The summed E-state index contributed by atoms with van der Waals surface area (Å²) in [4.78, 5) is 54.7. The molecule has 1 N–H and O–H groups in total. The van der Waals surface area contributed by atoms with Crippen molar-refractivity contribution in [2.75, 3.05) is 32.7 Å². The Morgan fingerprint density at radius 1 is 1.05 bits per heavy atom. The van der Waals surface area contributed by atoms with Crippen molar-refractivity contribution in [2.24, 2.45) is 29.1 Å². The first-order valence-corrected chi connectivity index (χ1v) is 14.3. The first-order valence-electron chi connectivity index (χ1n) is 14.3. The van der Waals surface area contributed by atoms with Crippen molar-refractivity contribution < 1.29 is 38.5 Å². The van der Waals surface area contributed by atoms with E-state index in [1.54, 1.807) is 17.0 Å². The largest absolute Gasteiger partial charge is 0.462 e. The molecule has 2 saturated carbocycles. The fraction of sp³-hybridized carbons (Fsp3) is 0.667. The van der Waals surface area contributed by atoms with Crippen molar-refractivity contribution in [1.29, 1.82) is 0 Å². The maximum absolute atomic E-state index is 13.4. The Morgan fingerprint density at radius 3 is 2.35 bits per heavy atom. The third kappa shape index (κ3) is 4.79. The molecule has 10 nitrogen and oxygen atoms in total. The molecular weight excluding hydrogens is 516 g/mol. The van der Waals surface area contributed by atoms with Crippen LogP contribution in [0.2, 0.25) is 0 Å². The number of amides is 1. The summed E-state index contributed by atoms with van der Waals surface area (Å²) in [5.41, 5.74) is -0.491. The van der Waals surface area contributed by atoms with Gasteiger partial charge in [0.05, 0.1) is 17.3 Å². The van der Waals surface area contributed by atoms with Crippen LogP contribution in [0.25, 0.3) is 0 Å². The minimum atomic E-state index is -2.09. The summed E-state index contributed by atoms with van der Waals surface area (Å²) >= 11 is 0. The zero-order valence-electron chi connectivity index (χ0n) is 23.7. The van der Waals surface area contributed by atoms with Crippen molar-refractivity contribution in [3.05, 3.63) is 35.9 Å². The Morgan fingerprint density at radius 2 is 1.73 bits per heavy atom. The number of esters is 3. The monoisotopic (exact) mass is 556 g/mol. The Labute approximate surface area is 234 Å². The summed E-state index contributed by atoms with van der Waals surface area (Å²) in [7, 11) is 0. The first-order chi connectivity index (χ1) is 19.0. The van der Waals surface area contributed by atoms with Gasteiger partial charge in [0.2, 0.25) is 5.79 Å². The minimum absolute atomic E-state index is 0.0284. The normalized spacial score (nSPS) is 37.6. The van der Waals surface area contributed by atoms with E-state index in [0.29, 0.717) is 57.5 Å². The molecule has 2 saturated heterocycles. The predicted molar refractivity (Wildman–Crippen MR) is 143 cm³/mol. The first kappa shape index (κ1) is 28.5. The van der Waals surface area contributed by atoms with E-state index in [-0.39, 0.29) is 17.7 Å². The lowest BCUT2D eigenvalue weighted by Crippen LogP contribution is -2.64. The lowest BCUT2D eigenvalue weighted by molar-refractivity contribution is -0.313. The van der Waals surface area contributed by atoms with Crippen LogP contribution in [0.5, 0.6) is 0 Å². The number of rotatable bonds is 5. The van der Waals surface area contributed by atoms with Crippen LogP contribution < -0.4 is 0 Å². The molecule has 0 bridgehead atoms. The maximum atomic E-state index is 13.4. The number of benzene rings is 1. The minimum Gasteiger partial charge on any atom is -0.462 e.